The van der Waals surface area contributed by atoms with Crippen molar-refractivity contribution >= 4 is 24.8 Å². The predicted molar refractivity (Wildman–Crippen MR) is 67.6 cm³/mol. The molecule has 0 heterocycles. The maximum absolute atomic E-state index is 3.45. The van der Waals surface area contributed by atoms with Crippen LogP contribution in [0.15, 0.2) is 30.3 Å². The van der Waals surface area contributed by atoms with Gasteiger partial charge in [0.25, 0.3) is 0 Å². The lowest BCUT2D eigenvalue weighted by molar-refractivity contribution is 0.571. The topological polar surface area (TPSA) is 12.0 Å². The molecule has 0 bridgehead atoms. The maximum atomic E-state index is 3.45. The van der Waals surface area contributed by atoms with Gasteiger partial charge >= 0.3 is 0 Å². The van der Waals surface area contributed by atoms with E-state index in [4.69, 9.17) is 0 Å². The first kappa shape index (κ1) is 16.2. The quantitative estimate of drug-likeness (QED) is 0.842. The Hall–Kier alpha value is -0.240. The zero-order chi connectivity index (χ0) is 8.81. The van der Waals surface area contributed by atoms with Gasteiger partial charge in [0.05, 0.1) is 0 Å². The van der Waals surface area contributed by atoms with E-state index in [9.17, 15) is 0 Å². The lowest BCUT2D eigenvalue weighted by atomic mass is 10.1. The molecule has 1 nitrogen and oxygen atoms in total. The molecule has 1 atom stereocenters. The molecule has 0 aliphatic rings. The second-order valence-corrected chi connectivity index (χ2v) is 3.09. The van der Waals surface area contributed by atoms with E-state index in [0.29, 0.717) is 6.04 Å². The zero-order valence-electron chi connectivity index (χ0n) is 8.69. The number of hydrogen-bond acceptors (Lipinski definition) is 1. The maximum Gasteiger partial charge on any atom is 0.0291 e. The molecule has 0 saturated carbocycles. The van der Waals surface area contributed by atoms with Crippen LogP contribution in [0.3, 0.4) is 0 Å². The van der Waals surface area contributed by atoms with Gasteiger partial charge in [0, 0.05) is 6.04 Å². The molecular formula is C11H19Cl2N. The van der Waals surface area contributed by atoms with Gasteiger partial charge in [0.1, 0.15) is 0 Å². The molecule has 1 rings (SSSR count). The van der Waals surface area contributed by atoms with E-state index in [-0.39, 0.29) is 24.8 Å². The van der Waals surface area contributed by atoms with Crippen LogP contribution in [0.1, 0.15) is 31.9 Å². The van der Waals surface area contributed by atoms with E-state index in [1.54, 1.807) is 0 Å². The Morgan fingerprint density at radius 1 is 1.14 bits per heavy atom. The summed E-state index contributed by atoms with van der Waals surface area (Å²) in [6.45, 7) is 5.48. The van der Waals surface area contributed by atoms with Crippen molar-refractivity contribution in [3.8, 4) is 0 Å². The largest absolute Gasteiger partial charge is 0.310 e. The van der Waals surface area contributed by atoms with Crippen molar-refractivity contribution in [1.29, 1.82) is 0 Å². The van der Waals surface area contributed by atoms with Crippen LogP contribution in [0.25, 0.3) is 0 Å². The van der Waals surface area contributed by atoms with Crippen molar-refractivity contribution in [3.63, 3.8) is 0 Å². The first-order valence-corrected chi connectivity index (χ1v) is 4.63. The molecular weight excluding hydrogens is 217 g/mol. The second-order valence-electron chi connectivity index (χ2n) is 3.09. The van der Waals surface area contributed by atoms with Crippen LogP contribution < -0.4 is 5.32 Å². The molecule has 0 amide bonds. The first-order valence-electron chi connectivity index (χ1n) is 4.63. The molecule has 14 heavy (non-hydrogen) atoms. The highest BCUT2D eigenvalue weighted by Gasteiger charge is 2.00. The molecule has 0 saturated heterocycles. The Labute approximate surface area is 99.1 Å². The minimum atomic E-state index is 0. The van der Waals surface area contributed by atoms with E-state index in [0.717, 1.165) is 6.54 Å². The second kappa shape index (κ2) is 9.32. The summed E-state index contributed by atoms with van der Waals surface area (Å²) in [6.07, 6.45) is 1.19. The lowest BCUT2D eigenvalue weighted by Gasteiger charge is -2.12. The van der Waals surface area contributed by atoms with Gasteiger partial charge in [0.15, 0.2) is 0 Å². The highest BCUT2D eigenvalue weighted by molar-refractivity contribution is 5.85. The van der Waals surface area contributed by atoms with Crippen LogP contribution in [0.4, 0.5) is 0 Å². The van der Waals surface area contributed by atoms with Gasteiger partial charge in [-0.1, -0.05) is 37.3 Å². The van der Waals surface area contributed by atoms with Crippen molar-refractivity contribution in [2.75, 3.05) is 6.54 Å². The monoisotopic (exact) mass is 235 g/mol. The summed E-state index contributed by atoms with van der Waals surface area (Å²) in [5, 5.41) is 3.45. The fraction of sp³-hybridized carbons (Fsp3) is 0.455. The van der Waals surface area contributed by atoms with E-state index in [1.165, 1.54) is 12.0 Å². The molecule has 3 heteroatoms. The van der Waals surface area contributed by atoms with Gasteiger partial charge in [0.2, 0.25) is 0 Å². The fourth-order valence-corrected chi connectivity index (χ4v) is 1.22. The van der Waals surface area contributed by atoms with Crippen molar-refractivity contribution in [1.82, 2.24) is 5.32 Å². The average molecular weight is 236 g/mol. The summed E-state index contributed by atoms with van der Waals surface area (Å²) in [4.78, 5) is 0. The molecule has 0 aliphatic carbocycles. The minimum absolute atomic E-state index is 0. The van der Waals surface area contributed by atoms with E-state index in [2.05, 4.69) is 49.5 Å². The molecule has 0 aromatic heterocycles. The molecule has 0 spiro atoms. The summed E-state index contributed by atoms with van der Waals surface area (Å²) < 4.78 is 0. The van der Waals surface area contributed by atoms with E-state index >= 15 is 0 Å². The summed E-state index contributed by atoms with van der Waals surface area (Å²) in [6, 6.07) is 11.0. The third kappa shape index (κ3) is 5.48. The Morgan fingerprint density at radius 2 is 1.71 bits per heavy atom. The normalized spacial score (nSPS) is 11.0. The molecule has 82 valence electrons. The van der Waals surface area contributed by atoms with Gasteiger partial charge in [-0.05, 0) is 25.5 Å². The lowest BCUT2D eigenvalue weighted by Crippen LogP contribution is -2.18. The van der Waals surface area contributed by atoms with Crippen LogP contribution in [0.5, 0.6) is 0 Å². The SMILES string of the molecule is CCCNC(C)c1ccccc1.Cl.Cl. The number of benzene rings is 1. The Balaban J connectivity index is 0. The number of nitrogens with one attached hydrogen (secondary N) is 1. The van der Waals surface area contributed by atoms with Crippen LogP contribution in [0.2, 0.25) is 0 Å². The summed E-state index contributed by atoms with van der Waals surface area (Å²) in [7, 11) is 0. The third-order valence-corrected chi connectivity index (χ3v) is 2.00. The van der Waals surface area contributed by atoms with Crippen LogP contribution in [-0.2, 0) is 0 Å². The zero-order valence-corrected chi connectivity index (χ0v) is 10.3. The minimum Gasteiger partial charge on any atom is -0.310 e. The van der Waals surface area contributed by atoms with Crippen molar-refractivity contribution in [2.45, 2.75) is 26.3 Å². The van der Waals surface area contributed by atoms with Gasteiger partial charge in [-0.3, -0.25) is 0 Å². The molecule has 1 aromatic carbocycles. The molecule has 0 radical (unpaired) electrons. The summed E-state index contributed by atoms with van der Waals surface area (Å²) in [5.74, 6) is 0. The van der Waals surface area contributed by atoms with Gasteiger partial charge < -0.3 is 5.32 Å². The molecule has 1 N–H and O–H groups in total. The van der Waals surface area contributed by atoms with Gasteiger partial charge in [-0.2, -0.15) is 0 Å². The third-order valence-electron chi connectivity index (χ3n) is 2.00. The van der Waals surface area contributed by atoms with Gasteiger partial charge in [-0.15, -0.1) is 24.8 Å². The fourth-order valence-electron chi connectivity index (χ4n) is 1.22. The van der Waals surface area contributed by atoms with Crippen LogP contribution in [-0.4, -0.2) is 6.54 Å². The summed E-state index contributed by atoms with van der Waals surface area (Å²) >= 11 is 0. The average Bonchev–Trinajstić information content (AvgIpc) is 2.15. The molecule has 1 aromatic rings. The first-order chi connectivity index (χ1) is 5.84. The Kier molecular flexibility index (Phi) is 10.8. The number of halogens is 2. The van der Waals surface area contributed by atoms with E-state index < -0.39 is 0 Å². The number of rotatable bonds is 4. The van der Waals surface area contributed by atoms with Crippen molar-refractivity contribution in [3.05, 3.63) is 35.9 Å². The molecule has 0 fully saturated rings. The predicted octanol–water partition coefficient (Wildman–Crippen LogP) is 3.59. The smallest absolute Gasteiger partial charge is 0.0291 e. The Bertz CT molecular complexity index is 214. The van der Waals surface area contributed by atoms with Crippen LogP contribution in [0, 0.1) is 0 Å². The molecule has 1 unspecified atom stereocenters. The number of hydrogen-bond donors (Lipinski definition) is 1. The highest BCUT2D eigenvalue weighted by Crippen LogP contribution is 2.10. The van der Waals surface area contributed by atoms with Crippen molar-refractivity contribution in [2.24, 2.45) is 0 Å². The molecule has 0 aliphatic heterocycles. The van der Waals surface area contributed by atoms with Crippen LogP contribution >= 0.6 is 24.8 Å². The van der Waals surface area contributed by atoms with Crippen molar-refractivity contribution < 1.29 is 0 Å². The highest BCUT2D eigenvalue weighted by atomic mass is 35.5. The summed E-state index contributed by atoms with van der Waals surface area (Å²) in [5.41, 5.74) is 1.37. The van der Waals surface area contributed by atoms with E-state index in [1.807, 2.05) is 0 Å². The Morgan fingerprint density at radius 3 is 2.21 bits per heavy atom. The standard InChI is InChI=1S/C11H17N.2ClH/c1-3-9-12-10(2)11-7-5-4-6-8-11;;/h4-8,10,12H,3,9H2,1-2H3;2*1H. The van der Waals surface area contributed by atoms with Gasteiger partial charge in [-0.25, -0.2) is 0 Å².